The van der Waals surface area contributed by atoms with Crippen molar-refractivity contribution in [3.05, 3.63) is 76.9 Å². The van der Waals surface area contributed by atoms with Crippen LogP contribution in [0.3, 0.4) is 0 Å². The molecule has 3 aromatic rings. The van der Waals surface area contributed by atoms with Gasteiger partial charge < -0.3 is 15.0 Å². The molecule has 5 rings (SSSR count). The topological polar surface area (TPSA) is 61.9 Å². The number of ether oxygens (including phenoxy) is 1. The maximum absolute atomic E-state index is 13.6. The molecule has 0 spiro atoms. The largest absolute Gasteiger partial charge is 0.378 e. The van der Waals surface area contributed by atoms with Gasteiger partial charge in [-0.05, 0) is 49.1 Å². The quantitative estimate of drug-likeness (QED) is 0.543. The number of hydrogen-bond acceptors (Lipinski definition) is 5. The fraction of sp³-hybridized carbons (Fsp3) is 0.357. The van der Waals surface area contributed by atoms with Crippen LogP contribution in [-0.4, -0.2) is 61.5 Å². The number of fused-ring (bicyclic) bond motifs is 1. The van der Waals surface area contributed by atoms with Crippen LogP contribution < -0.4 is 5.32 Å². The van der Waals surface area contributed by atoms with Crippen molar-refractivity contribution in [3.63, 3.8) is 0 Å². The second-order valence-electron chi connectivity index (χ2n) is 9.25. The number of thiophene rings is 1. The molecule has 1 N–H and O–H groups in total. The van der Waals surface area contributed by atoms with E-state index in [1.54, 1.807) is 0 Å². The Morgan fingerprint density at radius 1 is 1.09 bits per heavy atom. The molecule has 1 aliphatic heterocycles. The van der Waals surface area contributed by atoms with Gasteiger partial charge in [0.05, 0.1) is 25.3 Å². The first kappa shape index (κ1) is 23.7. The zero-order chi connectivity index (χ0) is 24.4. The van der Waals surface area contributed by atoms with Gasteiger partial charge in [0.25, 0.3) is 5.91 Å². The van der Waals surface area contributed by atoms with Crippen LogP contribution in [0.2, 0.25) is 0 Å². The van der Waals surface area contributed by atoms with E-state index < -0.39 is 0 Å². The van der Waals surface area contributed by atoms with Gasteiger partial charge >= 0.3 is 0 Å². The Hall–Kier alpha value is -3.00. The fourth-order valence-corrected chi connectivity index (χ4v) is 6.36. The lowest BCUT2D eigenvalue weighted by molar-refractivity contribution is -0.117. The molecule has 7 heteroatoms. The van der Waals surface area contributed by atoms with Crippen molar-refractivity contribution in [2.75, 3.05) is 45.2 Å². The molecule has 1 atom stereocenters. The van der Waals surface area contributed by atoms with Crippen LogP contribution in [-0.2, 0) is 16.0 Å². The third-order valence-electron chi connectivity index (χ3n) is 6.97. The Kier molecular flexibility index (Phi) is 7.00. The summed E-state index contributed by atoms with van der Waals surface area (Å²) in [5.41, 5.74) is 5.23. The number of morpholine rings is 1. The van der Waals surface area contributed by atoms with Crippen molar-refractivity contribution in [2.45, 2.75) is 25.8 Å². The highest BCUT2D eigenvalue weighted by molar-refractivity contribution is 7.20. The molecule has 6 nitrogen and oxygen atoms in total. The van der Waals surface area contributed by atoms with Crippen LogP contribution in [0.5, 0.6) is 0 Å². The SMILES string of the molecule is Cc1c(-c2ccccc2)sc(NC(=O)CN(C)[C@H]2CCc3ccccc32)c1C(=O)N1CCOCC1. The molecule has 0 radical (unpaired) electrons. The zero-order valence-electron chi connectivity index (χ0n) is 20.3. The number of nitrogens with zero attached hydrogens (tertiary/aromatic N) is 2. The van der Waals surface area contributed by atoms with E-state index in [1.807, 2.05) is 49.2 Å². The molecule has 1 aromatic heterocycles. The molecule has 2 aromatic carbocycles. The molecular weight excluding hydrogens is 458 g/mol. The lowest BCUT2D eigenvalue weighted by Gasteiger charge is -2.27. The van der Waals surface area contributed by atoms with E-state index in [0.29, 0.717) is 36.9 Å². The molecule has 2 heterocycles. The molecule has 1 fully saturated rings. The first-order chi connectivity index (χ1) is 17.0. The van der Waals surface area contributed by atoms with E-state index in [9.17, 15) is 9.59 Å². The van der Waals surface area contributed by atoms with Gasteiger partial charge in [0.2, 0.25) is 5.91 Å². The summed E-state index contributed by atoms with van der Waals surface area (Å²) in [6, 6.07) is 18.7. The third kappa shape index (κ3) is 4.89. The minimum Gasteiger partial charge on any atom is -0.378 e. The normalized spacial score (nSPS) is 17.5. The van der Waals surface area contributed by atoms with Crippen molar-refractivity contribution in [1.29, 1.82) is 0 Å². The Balaban J connectivity index is 1.39. The maximum Gasteiger partial charge on any atom is 0.257 e. The Morgan fingerprint density at radius 3 is 2.57 bits per heavy atom. The minimum absolute atomic E-state index is 0.0439. The lowest BCUT2D eigenvalue weighted by Crippen LogP contribution is -2.41. The van der Waals surface area contributed by atoms with E-state index >= 15 is 0 Å². The van der Waals surface area contributed by atoms with Crippen LogP contribution in [0, 0.1) is 6.92 Å². The van der Waals surface area contributed by atoms with E-state index in [0.717, 1.165) is 28.8 Å². The lowest BCUT2D eigenvalue weighted by atomic mass is 10.1. The van der Waals surface area contributed by atoms with Gasteiger partial charge in [0, 0.05) is 24.0 Å². The summed E-state index contributed by atoms with van der Waals surface area (Å²) in [5.74, 6) is -0.147. The molecule has 0 bridgehead atoms. The van der Waals surface area contributed by atoms with Crippen LogP contribution in [0.25, 0.3) is 10.4 Å². The van der Waals surface area contributed by atoms with Gasteiger partial charge in [-0.1, -0.05) is 54.6 Å². The number of rotatable bonds is 6. The molecule has 1 aliphatic carbocycles. The van der Waals surface area contributed by atoms with Gasteiger partial charge in [-0.3, -0.25) is 14.5 Å². The van der Waals surface area contributed by atoms with E-state index in [4.69, 9.17) is 4.74 Å². The summed E-state index contributed by atoms with van der Waals surface area (Å²) in [6.07, 6.45) is 2.05. The average Bonchev–Trinajstić information content (AvgIpc) is 3.45. The number of likely N-dealkylation sites (N-methyl/N-ethyl adjacent to an activating group) is 1. The zero-order valence-corrected chi connectivity index (χ0v) is 21.1. The molecule has 0 unspecified atom stereocenters. The number of anilines is 1. The van der Waals surface area contributed by atoms with E-state index in [-0.39, 0.29) is 24.4 Å². The number of nitrogens with one attached hydrogen (secondary N) is 1. The Bertz CT molecular complexity index is 1220. The van der Waals surface area contributed by atoms with Gasteiger partial charge in [-0.2, -0.15) is 0 Å². The van der Waals surface area contributed by atoms with Gasteiger partial charge in [-0.25, -0.2) is 0 Å². The number of carbonyl (C=O) groups excluding carboxylic acids is 2. The predicted molar refractivity (Wildman–Crippen MR) is 140 cm³/mol. The maximum atomic E-state index is 13.6. The standard InChI is InChI=1S/C28H31N3O3S/c1-19-25(28(33)31-14-16-34-17-15-31)27(35-26(19)21-9-4-3-5-10-21)29-24(32)18-30(2)23-13-12-20-8-6-7-11-22(20)23/h3-11,23H,12-18H2,1-2H3,(H,29,32)/t23-/m0/s1. The molecule has 35 heavy (non-hydrogen) atoms. The number of benzene rings is 2. The Morgan fingerprint density at radius 2 is 1.80 bits per heavy atom. The second kappa shape index (κ2) is 10.3. The van der Waals surface area contributed by atoms with E-state index in [1.165, 1.54) is 22.5 Å². The molecule has 182 valence electrons. The summed E-state index contributed by atoms with van der Waals surface area (Å²) in [6.45, 7) is 4.44. The highest BCUT2D eigenvalue weighted by Gasteiger charge is 2.30. The molecular formula is C28H31N3O3S. The number of hydrogen-bond donors (Lipinski definition) is 1. The summed E-state index contributed by atoms with van der Waals surface area (Å²) in [5, 5.41) is 3.73. The van der Waals surface area contributed by atoms with Gasteiger partial charge in [-0.15, -0.1) is 11.3 Å². The first-order valence-electron chi connectivity index (χ1n) is 12.2. The number of amides is 2. The van der Waals surface area contributed by atoms with Crippen molar-refractivity contribution in [3.8, 4) is 10.4 Å². The first-order valence-corrected chi connectivity index (χ1v) is 13.0. The smallest absolute Gasteiger partial charge is 0.257 e. The summed E-state index contributed by atoms with van der Waals surface area (Å²) in [7, 11) is 2.00. The highest BCUT2D eigenvalue weighted by Crippen LogP contribution is 2.41. The second-order valence-corrected chi connectivity index (χ2v) is 10.3. The van der Waals surface area contributed by atoms with Crippen molar-refractivity contribution >= 4 is 28.2 Å². The molecule has 1 saturated heterocycles. The van der Waals surface area contributed by atoms with Crippen molar-refractivity contribution < 1.29 is 14.3 Å². The molecule has 0 saturated carbocycles. The summed E-state index contributed by atoms with van der Waals surface area (Å²) in [4.78, 5) is 31.7. The van der Waals surface area contributed by atoms with Gasteiger partial charge in [0.15, 0.2) is 0 Å². The monoisotopic (exact) mass is 489 g/mol. The Labute approximate surface area is 210 Å². The average molecular weight is 490 g/mol. The predicted octanol–water partition coefficient (Wildman–Crippen LogP) is 4.75. The summed E-state index contributed by atoms with van der Waals surface area (Å²) >= 11 is 1.48. The van der Waals surface area contributed by atoms with Crippen LogP contribution in [0.1, 0.15) is 39.5 Å². The number of carbonyl (C=O) groups is 2. The van der Waals surface area contributed by atoms with Crippen LogP contribution >= 0.6 is 11.3 Å². The third-order valence-corrected chi connectivity index (χ3v) is 8.23. The van der Waals surface area contributed by atoms with Crippen molar-refractivity contribution in [2.24, 2.45) is 0 Å². The highest BCUT2D eigenvalue weighted by atomic mass is 32.1. The van der Waals surface area contributed by atoms with Crippen LogP contribution in [0.4, 0.5) is 5.00 Å². The van der Waals surface area contributed by atoms with Gasteiger partial charge in [0.1, 0.15) is 5.00 Å². The molecule has 2 amide bonds. The fourth-order valence-electron chi connectivity index (χ4n) is 5.14. The summed E-state index contributed by atoms with van der Waals surface area (Å²) < 4.78 is 5.44. The number of aryl methyl sites for hydroxylation is 1. The van der Waals surface area contributed by atoms with Crippen molar-refractivity contribution in [1.82, 2.24) is 9.80 Å². The minimum atomic E-state index is -0.103. The van der Waals surface area contributed by atoms with Crippen LogP contribution in [0.15, 0.2) is 54.6 Å². The molecule has 2 aliphatic rings. The van der Waals surface area contributed by atoms with E-state index in [2.05, 4.69) is 34.5 Å².